The number of hydrogen-bond acceptors (Lipinski definition) is 4. The van der Waals surface area contributed by atoms with Crippen LogP contribution in [0.15, 0.2) is 64.0 Å². The summed E-state index contributed by atoms with van der Waals surface area (Å²) >= 11 is 3.28. The second kappa shape index (κ2) is 6.91. The summed E-state index contributed by atoms with van der Waals surface area (Å²) in [5.41, 5.74) is -0.659. The standard InChI is InChI=1S/C16H17BrO4S/c1-21-16(11-18,13-5-3-2-4-6-13)12-22(19,20)15-9-7-14(17)8-10-15/h2-10,18H,11-12H2,1H3. The Bertz CT molecular complexity index is 708. The Morgan fingerprint density at radius 3 is 2.18 bits per heavy atom. The van der Waals surface area contributed by atoms with Gasteiger partial charge in [0, 0.05) is 11.6 Å². The van der Waals surface area contributed by atoms with Crippen molar-refractivity contribution in [2.45, 2.75) is 10.5 Å². The summed E-state index contributed by atoms with van der Waals surface area (Å²) < 4.78 is 31.5. The van der Waals surface area contributed by atoms with Gasteiger partial charge in [-0.15, -0.1) is 0 Å². The van der Waals surface area contributed by atoms with Gasteiger partial charge < -0.3 is 9.84 Å². The van der Waals surface area contributed by atoms with E-state index < -0.39 is 22.0 Å². The molecule has 6 heteroatoms. The Balaban J connectivity index is 2.41. The van der Waals surface area contributed by atoms with Crippen LogP contribution in [0.25, 0.3) is 0 Å². The lowest BCUT2D eigenvalue weighted by Gasteiger charge is -2.30. The number of benzene rings is 2. The maximum absolute atomic E-state index is 12.6. The summed E-state index contributed by atoms with van der Waals surface area (Å²) in [6.07, 6.45) is 0. The van der Waals surface area contributed by atoms with E-state index in [-0.39, 0.29) is 10.6 Å². The molecule has 1 N–H and O–H groups in total. The minimum atomic E-state index is -3.61. The van der Waals surface area contributed by atoms with Crippen LogP contribution in [0.4, 0.5) is 0 Å². The normalized spacial score (nSPS) is 14.5. The maximum atomic E-state index is 12.6. The van der Waals surface area contributed by atoms with Gasteiger partial charge in [0.25, 0.3) is 0 Å². The Kier molecular flexibility index (Phi) is 5.39. The first-order valence-electron chi connectivity index (χ1n) is 6.63. The molecule has 0 spiro atoms. The Morgan fingerprint density at radius 1 is 1.09 bits per heavy atom. The molecular weight excluding hydrogens is 368 g/mol. The van der Waals surface area contributed by atoms with Crippen LogP contribution in [0, 0.1) is 0 Å². The first-order valence-corrected chi connectivity index (χ1v) is 9.08. The molecule has 1 unspecified atom stereocenters. The zero-order valence-corrected chi connectivity index (χ0v) is 14.5. The number of sulfone groups is 1. The molecule has 2 aromatic carbocycles. The van der Waals surface area contributed by atoms with Crippen LogP contribution >= 0.6 is 15.9 Å². The number of halogens is 1. The fourth-order valence-electron chi connectivity index (χ4n) is 2.24. The second-order valence-electron chi connectivity index (χ2n) is 4.94. The second-order valence-corrected chi connectivity index (χ2v) is 7.84. The smallest absolute Gasteiger partial charge is 0.181 e. The average Bonchev–Trinajstić information content (AvgIpc) is 2.54. The first-order chi connectivity index (χ1) is 10.4. The molecule has 2 aromatic rings. The van der Waals surface area contributed by atoms with Gasteiger partial charge in [0.15, 0.2) is 9.84 Å². The van der Waals surface area contributed by atoms with E-state index in [1.807, 2.05) is 6.07 Å². The predicted molar refractivity (Wildman–Crippen MR) is 88.4 cm³/mol. The lowest BCUT2D eigenvalue weighted by molar-refractivity contribution is -0.0393. The zero-order valence-electron chi connectivity index (χ0n) is 12.1. The molecule has 1 atom stereocenters. The van der Waals surface area contributed by atoms with Gasteiger partial charge >= 0.3 is 0 Å². The first kappa shape index (κ1) is 17.1. The number of methoxy groups -OCH3 is 1. The quantitative estimate of drug-likeness (QED) is 0.831. The number of aliphatic hydroxyl groups is 1. The molecular formula is C16H17BrO4S. The molecule has 0 aromatic heterocycles. The Hall–Kier alpha value is -1.21. The molecule has 0 aliphatic rings. The van der Waals surface area contributed by atoms with Crippen molar-refractivity contribution < 1.29 is 18.3 Å². The molecule has 4 nitrogen and oxygen atoms in total. The van der Waals surface area contributed by atoms with Gasteiger partial charge in [0.05, 0.1) is 17.3 Å². The fourth-order valence-corrected chi connectivity index (χ4v) is 4.21. The van der Waals surface area contributed by atoms with Gasteiger partial charge in [0.2, 0.25) is 0 Å². The molecule has 0 amide bonds. The fraction of sp³-hybridized carbons (Fsp3) is 0.250. The summed E-state index contributed by atoms with van der Waals surface area (Å²) in [7, 11) is -2.21. The number of rotatable bonds is 6. The van der Waals surface area contributed by atoms with E-state index in [9.17, 15) is 13.5 Å². The average molecular weight is 385 g/mol. The van der Waals surface area contributed by atoms with Crippen molar-refractivity contribution in [2.24, 2.45) is 0 Å². The lowest BCUT2D eigenvalue weighted by atomic mass is 9.97. The highest BCUT2D eigenvalue weighted by Crippen LogP contribution is 2.29. The zero-order chi connectivity index (χ0) is 16.2. The molecule has 0 aliphatic carbocycles. The molecule has 0 aliphatic heterocycles. The van der Waals surface area contributed by atoms with Gasteiger partial charge in [-0.1, -0.05) is 46.3 Å². The molecule has 118 valence electrons. The van der Waals surface area contributed by atoms with Crippen LogP contribution in [-0.2, 0) is 20.2 Å². The topological polar surface area (TPSA) is 63.6 Å². The van der Waals surface area contributed by atoms with Crippen molar-refractivity contribution in [1.82, 2.24) is 0 Å². The molecule has 0 heterocycles. The minimum Gasteiger partial charge on any atom is -0.393 e. The SMILES string of the molecule is COC(CO)(CS(=O)(=O)c1ccc(Br)cc1)c1ccccc1. The summed E-state index contributed by atoms with van der Waals surface area (Å²) in [5.74, 6) is -0.335. The highest BCUT2D eigenvalue weighted by atomic mass is 79.9. The van der Waals surface area contributed by atoms with Crippen LogP contribution in [0.3, 0.4) is 0 Å². The van der Waals surface area contributed by atoms with E-state index in [1.54, 1.807) is 36.4 Å². The molecule has 2 rings (SSSR count). The predicted octanol–water partition coefficient (Wildman–Crippen LogP) is 2.76. The van der Waals surface area contributed by atoms with Gasteiger partial charge in [-0.3, -0.25) is 0 Å². The summed E-state index contributed by atoms with van der Waals surface area (Å²) in [6, 6.07) is 15.3. The van der Waals surface area contributed by atoms with E-state index >= 15 is 0 Å². The van der Waals surface area contributed by atoms with E-state index in [4.69, 9.17) is 4.74 Å². The van der Waals surface area contributed by atoms with Crippen molar-refractivity contribution >= 4 is 25.8 Å². The Morgan fingerprint density at radius 2 is 1.68 bits per heavy atom. The highest BCUT2D eigenvalue weighted by Gasteiger charge is 2.37. The largest absolute Gasteiger partial charge is 0.393 e. The van der Waals surface area contributed by atoms with Gasteiger partial charge in [-0.05, 0) is 29.8 Å². The molecule has 0 saturated heterocycles. The third-order valence-corrected chi connectivity index (χ3v) is 5.91. The monoisotopic (exact) mass is 384 g/mol. The molecule has 0 bridgehead atoms. The summed E-state index contributed by atoms with van der Waals surface area (Å²) in [5, 5.41) is 9.79. The third-order valence-electron chi connectivity index (χ3n) is 3.54. The van der Waals surface area contributed by atoms with E-state index in [2.05, 4.69) is 15.9 Å². The van der Waals surface area contributed by atoms with Gasteiger partial charge in [-0.25, -0.2) is 8.42 Å². The van der Waals surface area contributed by atoms with Crippen molar-refractivity contribution in [3.8, 4) is 0 Å². The molecule has 0 fully saturated rings. The van der Waals surface area contributed by atoms with Crippen LogP contribution in [0.1, 0.15) is 5.56 Å². The van der Waals surface area contributed by atoms with Crippen molar-refractivity contribution in [2.75, 3.05) is 19.5 Å². The molecule has 0 radical (unpaired) electrons. The van der Waals surface area contributed by atoms with Crippen molar-refractivity contribution in [3.05, 3.63) is 64.6 Å². The number of aliphatic hydroxyl groups excluding tert-OH is 1. The lowest BCUT2D eigenvalue weighted by Crippen LogP contribution is -2.40. The minimum absolute atomic E-state index is 0.196. The maximum Gasteiger partial charge on any atom is 0.181 e. The number of ether oxygens (including phenoxy) is 1. The highest BCUT2D eigenvalue weighted by molar-refractivity contribution is 9.10. The third kappa shape index (κ3) is 3.57. The molecule has 0 saturated carbocycles. The Labute approximate surface area is 138 Å². The summed E-state index contributed by atoms with van der Waals surface area (Å²) in [6.45, 7) is -0.427. The van der Waals surface area contributed by atoms with Crippen LogP contribution in [0.2, 0.25) is 0 Å². The van der Waals surface area contributed by atoms with Crippen LogP contribution in [0.5, 0.6) is 0 Å². The van der Waals surface area contributed by atoms with Crippen LogP contribution < -0.4 is 0 Å². The van der Waals surface area contributed by atoms with Crippen LogP contribution in [-0.4, -0.2) is 33.0 Å². The van der Waals surface area contributed by atoms with Gasteiger partial charge in [0.1, 0.15) is 5.60 Å². The van der Waals surface area contributed by atoms with E-state index in [0.29, 0.717) is 5.56 Å². The van der Waals surface area contributed by atoms with Gasteiger partial charge in [-0.2, -0.15) is 0 Å². The molecule has 22 heavy (non-hydrogen) atoms. The van der Waals surface area contributed by atoms with Crippen molar-refractivity contribution in [1.29, 1.82) is 0 Å². The number of hydrogen-bond donors (Lipinski definition) is 1. The van der Waals surface area contributed by atoms with E-state index in [0.717, 1.165) is 4.47 Å². The summed E-state index contributed by atoms with van der Waals surface area (Å²) in [4.78, 5) is 0.196. The van der Waals surface area contributed by atoms with Crippen molar-refractivity contribution in [3.63, 3.8) is 0 Å². The van der Waals surface area contributed by atoms with E-state index in [1.165, 1.54) is 19.2 Å².